The molecule has 0 radical (unpaired) electrons. The first-order valence-corrected chi connectivity index (χ1v) is 8.88. The molecule has 142 valence electrons. The van der Waals surface area contributed by atoms with Gasteiger partial charge in [-0.1, -0.05) is 17.7 Å². The van der Waals surface area contributed by atoms with Crippen molar-refractivity contribution in [2.24, 2.45) is 0 Å². The second-order valence-corrected chi connectivity index (χ2v) is 6.14. The summed E-state index contributed by atoms with van der Waals surface area (Å²) in [7, 11) is 1.27. The van der Waals surface area contributed by atoms with Gasteiger partial charge in [-0.3, -0.25) is 4.79 Å². The summed E-state index contributed by atoms with van der Waals surface area (Å²) in [5.74, 6) is -0.933. The Morgan fingerprint density at radius 3 is 2.65 bits per heavy atom. The highest BCUT2D eigenvalue weighted by molar-refractivity contribution is 6.34. The molecule has 2 rings (SSSR count). The Labute approximate surface area is 158 Å². The molecule has 0 unspecified atom stereocenters. The molecule has 2 N–H and O–H groups in total. The van der Waals surface area contributed by atoms with Crippen LogP contribution in [0, 0.1) is 0 Å². The molecule has 0 spiro atoms. The summed E-state index contributed by atoms with van der Waals surface area (Å²) in [5, 5.41) is 12.8. The number of benzene rings is 1. The summed E-state index contributed by atoms with van der Waals surface area (Å²) >= 11 is 6.39. The average Bonchev–Trinajstić information content (AvgIpc) is 2.94. The third-order valence-corrected chi connectivity index (χ3v) is 4.58. The molecule has 1 aromatic carbocycles. The number of nitrogens with one attached hydrogen (secondary N) is 1. The van der Waals surface area contributed by atoms with Crippen LogP contribution >= 0.6 is 11.6 Å². The van der Waals surface area contributed by atoms with Gasteiger partial charge in [0, 0.05) is 19.6 Å². The van der Waals surface area contributed by atoms with Gasteiger partial charge in [0.05, 0.1) is 42.2 Å². The zero-order chi connectivity index (χ0) is 19.3. The van der Waals surface area contributed by atoms with Crippen molar-refractivity contribution >= 4 is 34.9 Å². The molecular weight excluding hydrogens is 358 g/mol. The van der Waals surface area contributed by atoms with Crippen molar-refractivity contribution in [2.45, 2.75) is 13.8 Å². The first kappa shape index (κ1) is 20.1. The predicted molar refractivity (Wildman–Crippen MR) is 101 cm³/mol. The molecule has 1 aromatic rings. The van der Waals surface area contributed by atoms with Crippen molar-refractivity contribution in [1.29, 1.82) is 0 Å². The second kappa shape index (κ2) is 8.91. The Kier molecular flexibility index (Phi) is 6.88. The lowest BCUT2D eigenvalue weighted by molar-refractivity contribution is -0.136. The summed E-state index contributed by atoms with van der Waals surface area (Å²) in [6, 6.07) is 5.37. The molecule has 26 heavy (non-hydrogen) atoms. The molecule has 1 aliphatic rings. The fraction of sp³-hybridized carbons (Fsp3) is 0.444. The largest absolute Gasteiger partial charge is 0.466 e. The van der Waals surface area contributed by atoms with Crippen LogP contribution in [0.25, 0.3) is 0 Å². The zero-order valence-electron chi connectivity index (χ0n) is 15.2. The van der Waals surface area contributed by atoms with E-state index in [4.69, 9.17) is 21.4 Å². The van der Waals surface area contributed by atoms with Crippen molar-refractivity contribution < 1.29 is 19.4 Å². The number of carbonyl (C=O) groups excluding carboxylic acids is 2. The number of esters is 1. The monoisotopic (exact) mass is 381 g/mol. The van der Waals surface area contributed by atoms with Crippen LogP contribution in [0.4, 0.5) is 11.4 Å². The van der Waals surface area contributed by atoms with E-state index in [1.165, 1.54) is 12.0 Å². The summed E-state index contributed by atoms with van der Waals surface area (Å²) in [6.45, 7) is 5.55. The van der Waals surface area contributed by atoms with Gasteiger partial charge in [0.2, 0.25) is 0 Å². The van der Waals surface area contributed by atoms with Gasteiger partial charge in [-0.15, -0.1) is 0 Å². The number of para-hydroxylation sites is 1. The lowest BCUT2D eigenvalue weighted by atomic mass is 10.2. The average molecular weight is 382 g/mol. The second-order valence-electron chi connectivity index (χ2n) is 5.73. The van der Waals surface area contributed by atoms with Crippen molar-refractivity contribution in [1.82, 2.24) is 4.90 Å². The highest BCUT2D eigenvalue weighted by Gasteiger charge is 2.35. The molecule has 0 bridgehead atoms. The number of aliphatic hydroxyl groups is 1. The van der Waals surface area contributed by atoms with Crippen LogP contribution in [0.5, 0.6) is 0 Å². The van der Waals surface area contributed by atoms with E-state index in [1.807, 2.05) is 19.9 Å². The van der Waals surface area contributed by atoms with Crippen molar-refractivity contribution in [3.8, 4) is 0 Å². The topological polar surface area (TPSA) is 82.1 Å². The minimum atomic E-state index is -0.576. The Balaban J connectivity index is 2.46. The van der Waals surface area contributed by atoms with Crippen molar-refractivity contribution in [3.05, 3.63) is 34.5 Å². The number of hydrogen-bond donors (Lipinski definition) is 2. The third kappa shape index (κ3) is 3.94. The minimum Gasteiger partial charge on any atom is -0.466 e. The molecule has 7 nitrogen and oxygen atoms in total. The van der Waals surface area contributed by atoms with E-state index in [1.54, 1.807) is 12.1 Å². The minimum absolute atomic E-state index is 0.0928. The molecule has 1 aliphatic heterocycles. The van der Waals surface area contributed by atoms with Gasteiger partial charge in [-0.2, -0.15) is 0 Å². The lowest BCUT2D eigenvalue weighted by Gasteiger charge is -2.26. The van der Waals surface area contributed by atoms with Crippen molar-refractivity contribution in [2.75, 3.05) is 50.1 Å². The normalized spacial score (nSPS) is 14.0. The predicted octanol–water partition coefficient (Wildman–Crippen LogP) is 1.86. The van der Waals surface area contributed by atoms with E-state index in [0.717, 1.165) is 18.8 Å². The Morgan fingerprint density at radius 1 is 1.38 bits per heavy atom. The summed E-state index contributed by atoms with van der Waals surface area (Å²) in [5.41, 5.74) is 1.79. The van der Waals surface area contributed by atoms with E-state index in [0.29, 0.717) is 10.7 Å². The van der Waals surface area contributed by atoms with E-state index < -0.39 is 5.97 Å². The van der Waals surface area contributed by atoms with Crippen LogP contribution in [0.2, 0.25) is 5.02 Å². The van der Waals surface area contributed by atoms with Gasteiger partial charge in [-0.25, -0.2) is 4.79 Å². The Morgan fingerprint density at radius 2 is 2.08 bits per heavy atom. The number of amides is 1. The molecule has 0 atom stereocenters. The highest BCUT2D eigenvalue weighted by Crippen LogP contribution is 2.35. The standard InChI is InChI=1S/C18H24ClN3O4/c1-4-21(5-2)16-13(19)7-6-8-14(16)20-15-12(18(25)26-3)11-22(9-10-23)17(15)24/h6-8,20,23H,4-5,9-11H2,1-3H3. The number of nitrogens with zero attached hydrogens (tertiary/aromatic N) is 2. The fourth-order valence-electron chi connectivity index (χ4n) is 2.96. The molecule has 0 saturated carbocycles. The lowest BCUT2D eigenvalue weighted by Crippen LogP contribution is -2.31. The number of rotatable bonds is 8. The quantitative estimate of drug-likeness (QED) is 0.669. The van der Waals surface area contributed by atoms with Gasteiger partial charge in [0.25, 0.3) is 5.91 Å². The number of ether oxygens (including phenoxy) is 1. The molecule has 1 heterocycles. The number of aliphatic hydroxyl groups excluding tert-OH is 1. The molecular formula is C18H24ClN3O4. The smallest absolute Gasteiger partial charge is 0.337 e. The van der Waals surface area contributed by atoms with Gasteiger partial charge < -0.3 is 25.0 Å². The number of halogens is 1. The maximum atomic E-state index is 12.7. The number of methoxy groups -OCH3 is 1. The molecule has 0 saturated heterocycles. The maximum absolute atomic E-state index is 12.7. The Hall–Kier alpha value is -2.25. The molecule has 0 fully saturated rings. The van der Waals surface area contributed by atoms with E-state index in [9.17, 15) is 9.59 Å². The van der Waals surface area contributed by atoms with Crippen LogP contribution in [0.3, 0.4) is 0 Å². The van der Waals surface area contributed by atoms with Crippen molar-refractivity contribution in [3.63, 3.8) is 0 Å². The Bertz CT molecular complexity index is 716. The van der Waals surface area contributed by atoms with Gasteiger partial charge in [-0.05, 0) is 26.0 Å². The number of hydrogen-bond acceptors (Lipinski definition) is 6. The van der Waals surface area contributed by atoms with Gasteiger partial charge in [0.1, 0.15) is 5.70 Å². The van der Waals surface area contributed by atoms with Gasteiger partial charge in [0.15, 0.2) is 0 Å². The number of anilines is 2. The maximum Gasteiger partial charge on any atom is 0.337 e. The fourth-order valence-corrected chi connectivity index (χ4v) is 3.26. The van der Waals surface area contributed by atoms with Crippen LogP contribution < -0.4 is 10.2 Å². The summed E-state index contributed by atoms with van der Waals surface area (Å²) in [6.07, 6.45) is 0. The number of carbonyl (C=O) groups is 2. The molecule has 8 heteroatoms. The van der Waals surface area contributed by atoms with E-state index in [-0.39, 0.29) is 36.9 Å². The highest BCUT2D eigenvalue weighted by atomic mass is 35.5. The molecule has 1 amide bonds. The van der Waals surface area contributed by atoms with Crippen LogP contribution in [-0.4, -0.2) is 61.8 Å². The first-order chi connectivity index (χ1) is 12.5. The van der Waals surface area contributed by atoms with Crippen LogP contribution in [0.1, 0.15) is 13.8 Å². The first-order valence-electron chi connectivity index (χ1n) is 8.50. The van der Waals surface area contributed by atoms with Crippen LogP contribution in [-0.2, 0) is 14.3 Å². The van der Waals surface area contributed by atoms with Gasteiger partial charge >= 0.3 is 5.97 Å². The SMILES string of the molecule is CCN(CC)c1c(Cl)cccc1NC1=C(C(=O)OC)CN(CCO)C1=O. The molecule has 0 aromatic heterocycles. The summed E-state index contributed by atoms with van der Waals surface area (Å²) < 4.78 is 4.81. The summed E-state index contributed by atoms with van der Waals surface area (Å²) in [4.78, 5) is 28.2. The zero-order valence-corrected chi connectivity index (χ0v) is 16.0. The van der Waals surface area contributed by atoms with E-state index in [2.05, 4.69) is 10.2 Å². The number of β-amino-alcohol motifs (C(OH)–C–C–N with tert-alkyl or cyclic N) is 1. The molecule has 0 aliphatic carbocycles. The third-order valence-electron chi connectivity index (χ3n) is 4.28. The van der Waals surface area contributed by atoms with E-state index >= 15 is 0 Å². The van der Waals surface area contributed by atoms with Crippen LogP contribution in [0.15, 0.2) is 29.5 Å².